The van der Waals surface area contributed by atoms with Crippen LogP contribution in [0.3, 0.4) is 0 Å². The zero-order valence-corrected chi connectivity index (χ0v) is 18.3. The number of likely N-dealkylation sites (tertiary alicyclic amines) is 1. The summed E-state index contributed by atoms with van der Waals surface area (Å²) in [4.78, 5) is 22.3. The molecule has 5 nitrogen and oxygen atoms in total. The third-order valence-electron chi connectivity index (χ3n) is 6.82. The third-order valence-corrected chi connectivity index (χ3v) is 7.14. The minimum Gasteiger partial charge on any atom is -0.337 e. The van der Waals surface area contributed by atoms with Crippen molar-refractivity contribution in [3.05, 3.63) is 58.9 Å². The highest BCUT2D eigenvalue weighted by Gasteiger charge is 2.34. The van der Waals surface area contributed by atoms with Crippen LogP contribution in [0.25, 0.3) is 16.7 Å². The maximum atomic E-state index is 13.2. The molecular formula is C24H27ClN4O. The summed E-state index contributed by atoms with van der Waals surface area (Å²) >= 11 is 6.61. The van der Waals surface area contributed by atoms with Gasteiger partial charge in [-0.25, -0.2) is 4.98 Å². The van der Waals surface area contributed by atoms with E-state index in [4.69, 9.17) is 11.6 Å². The Hall–Kier alpha value is -2.37. The number of aromatic nitrogens is 2. The van der Waals surface area contributed by atoms with Crippen molar-refractivity contribution in [2.75, 3.05) is 20.1 Å². The van der Waals surface area contributed by atoms with Crippen LogP contribution in [0, 0.1) is 6.92 Å². The van der Waals surface area contributed by atoms with Crippen molar-refractivity contribution in [3.8, 4) is 5.69 Å². The van der Waals surface area contributed by atoms with E-state index in [1.807, 2.05) is 61.3 Å². The first-order valence-electron chi connectivity index (χ1n) is 10.8. The molecule has 2 fully saturated rings. The molecule has 1 aromatic heterocycles. The number of amides is 1. The largest absolute Gasteiger partial charge is 0.337 e. The molecule has 1 amide bonds. The fourth-order valence-corrected chi connectivity index (χ4v) is 5.07. The van der Waals surface area contributed by atoms with E-state index in [-0.39, 0.29) is 11.9 Å². The fourth-order valence-electron chi connectivity index (χ4n) is 4.81. The molecule has 1 aliphatic heterocycles. The molecule has 30 heavy (non-hydrogen) atoms. The highest BCUT2D eigenvalue weighted by atomic mass is 35.5. The Kier molecular flexibility index (Phi) is 5.03. The number of carbonyl (C=O) groups excluding carboxylic acids is 1. The number of likely N-dealkylation sites (N-methyl/N-ethyl adjacent to an activating group) is 1. The molecule has 0 radical (unpaired) electrons. The highest BCUT2D eigenvalue weighted by Crippen LogP contribution is 2.30. The van der Waals surface area contributed by atoms with Gasteiger partial charge in [-0.3, -0.25) is 14.3 Å². The Balaban J connectivity index is 1.38. The molecule has 2 heterocycles. The first-order valence-corrected chi connectivity index (χ1v) is 11.2. The second kappa shape index (κ2) is 7.71. The minimum atomic E-state index is -0.000722. The lowest BCUT2D eigenvalue weighted by Gasteiger charge is -2.35. The lowest BCUT2D eigenvalue weighted by molar-refractivity contribution is 0.0720. The second-order valence-corrected chi connectivity index (χ2v) is 8.99. The zero-order valence-electron chi connectivity index (χ0n) is 17.5. The van der Waals surface area contributed by atoms with E-state index in [1.165, 1.54) is 19.3 Å². The summed E-state index contributed by atoms with van der Waals surface area (Å²) in [6.45, 7) is 4.05. The average molecular weight is 423 g/mol. The molecule has 5 rings (SSSR count). The summed E-state index contributed by atoms with van der Waals surface area (Å²) in [5.41, 5.74) is 3.46. The number of nitrogens with zero attached hydrogens (tertiary/aromatic N) is 4. The number of halogens is 1. The lowest BCUT2D eigenvalue weighted by Crippen LogP contribution is -2.43. The number of para-hydroxylation sites is 2. The molecule has 3 aromatic rings. The van der Waals surface area contributed by atoms with Crippen LogP contribution in [-0.2, 0) is 0 Å². The number of hydrogen-bond donors (Lipinski definition) is 0. The number of rotatable bonds is 4. The van der Waals surface area contributed by atoms with Gasteiger partial charge >= 0.3 is 0 Å². The smallest absolute Gasteiger partial charge is 0.255 e. The van der Waals surface area contributed by atoms with Crippen LogP contribution in [0.4, 0.5) is 0 Å². The number of hydrogen-bond acceptors (Lipinski definition) is 3. The standard InChI is InChI=1S/C24H27ClN4O/c1-16-26-22-8-3-4-9-23(22)29(16)18-10-11-20(21(25)14-18)24(30)27(2)19-12-13-28(15-19)17-6-5-7-17/h3-4,8-11,14,17,19H,5-7,12-13,15H2,1-2H3/t19-/m1/s1. The Bertz CT molecular complexity index is 1100. The monoisotopic (exact) mass is 422 g/mol. The van der Waals surface area contributed by atoms with Gasteiger partial charge in [0.2, 0.25) is 0 Å². The second-order valence-electron chi connectivity index (χ2n) is 8.59. The van der Waals surface area contributed by atoms with E-state index < -0.39 is 0 Å². The van der Waals surface area contributed by atoms with Gasteiger partial charge in [-0.05, 0) is 56.5 Å². The molecule has 156 valence electrons. The maximum Gasteiger partial charge on any atom is 0.255 e. The van der Waals surface area contributed by atoms with Crippen LogP contribution in [0.1, 0.15) is 41.9 Å². The quantitative estimate of drug-likeness (QED) is 0.612. The van der Waals surface area contributed by atoms with Crippen LogP contribution < -0.4 is 0 Å². The normalized spacial score (nSPS) is 19.9. The Labute approximate surface area is 182 Å². The number of carbonyl (C=O) groups is 1. The van der Waals surface area contributed by atoms with E-state index in [2.05, 4.69) is 14.5 Å². The Morgan fingerprint density at radius 2 is 1.97 bits per heavy atom. The van der Waals surface area contributed by atoms with E-state index in [1.54, 1.807) is 0 Å². The number of aryl methyl sites for hydroxylation is 1. The maximum absolute atomic E-state index is 13.2. The van der Waals surface area contributed by atoms with Gasteiger partial charge in [-0.1, -0.05) is 30.2 Å². The fraction of sp³-hybridized carbons (Fsp3) is 0.417. The van der Waals surface area contributed by atoms with Gasteiger partial charge in [-0.15, -0.1) is 0 Å². The predicted molar refractivity (Wildman–Crippen MR) is 121 cm³/mol. The van der Waals surface area contributed by atoms with Crippen LogP contribution in [0.5, 0.6) is 0 Å². The molecular weight excluding hydrogens is 396 g/mol. The highest BCUT2D eigenvalue weighted by molar-refractivity contribution is 6.34. The van der Waals surface area contributed by atoms with Gasteiger partial charge in [0, 0.05) is 37.9 Å². The van der Waals surface area contributed by atoms with E-state index in [9.17, 15) is 4.79 Å². The first-order chi connectivity index (χ1) is 14.5. The van der Waals surface area contributed by atoms with Gasteiger partial charge in [-0.2, -0.15) is 0 Å². The molecule has 1 aliphatic carbocycles. The summed E-state index contributed by atoms with van der Waals surface area (Å²) in [5.74, 6) is 0.893. The molecule has 2 aliphatic rings. The molecule has 1 atom stereocenters. The number of benzene rings is 2. The van der Waals surface area contributed by atoms with Crippen LogP contribution in [0.15, 0.2) is 42.5 Å². The molecule has 0 spiro atoms. The van der Waals surface area contributed by atoms with Crippen LogP contribution in [-0.4, -0.2) is 57.5 Å². The SMILES string of the molecule is Cc1nc2ccccc2n1-c1ccc(C(=O)N(C)[C@@H]2CCN(C3CCC3)C2)c(Cl)c1. The van der Waals surface area contributed by atoms with E-state index in [0.29, 0.717) is 10.6 Å². The van der Waals surface area contributed by atoms with Crippen LogP contribution in [0.2, 0.25) is 5.02 Å². The molecule has 1 saturated heterocycles. The minimum absolute atomic E-state index is 0.000722. The molecule has 1 saturated carbocycles. The molecule has 6 heteroatoms. The van der Waals surface area contributed by atoms with Gasteiger partial charge < -0.3 is 4.90 Å². The summed E-state index contributed by atoms with van der Waals surface area (Å²) in [7, 11) is 1.91. The summed E-state index contributed by atoms with van der Waals surface area (Å²) in [6.07, 6.45) is 4.99. The molecule has 0 unspecified atom stereocenters. The molecule has 2 aromatic carbocycles. The van der Waals surface area contributed by atoms with Crippen molar-refractivity contribution < 1.29 is 4.79 Å². The van der Waals surface area contributed by atoms with Gasteiger partial charge in [0.05, 0.1) is 21.6 Å². The Morgan fingerprint density at radius 3 is 2.70 bits per heavy atom. The van der Waals surface area contributed by atoms with Crippen molar-refractivity contribution in [3.63, 3.8) is 0 Å². The van der Waals surface area contributed by atoms with Crippen molar-refractivity contribution in [2.24, 2.45) is 0 Å². The van der Waals surface area contributed by atoms with Crippen LogP contribution >= 0.6 is 11.6 Å². The van der Waals surface area contributed by atoms with Crippen molar-refractivity contribution in [2.45, 2.75) is 44.7 Å². The van der Waals surface area contributed by atoms with E-state index in [0.717, 1.165) is 48.1 Å². The molecule has 0 bridgehead atoms. The Morgan fingerprint density at radius 1 is 1.17 bits per heavy atom. The first kappa shape index (κ1) is 19.6. The number of fused-ring (bicyclic) bond motifs is 1. The predicted octanol–water partition coefficient (Wildman–Crippen LogP) is 4.69. The average Bonchev–Trinajstić information content (AvgIpc) is 3.29. The van der Waals surface area contributed by atoms with Gasteiger partial charge in [0.1, 0.15) is 5.82 Å². The number of imidazole rings is 1. The third kappa shape index (κ3) is 3.30. The van der Waals surface area contributed by atoms with Gasteiger partial charge in [0.25, 0.3) is 5.91 Å². The molecule has 0 N–H and O–H groups in total. The topological polar surface area (TPSA) is 41.4 Å². The summed E-state index contributed by atoms with van der Waals surface area (Å²) in [6, 6.07) is 14.7. The van der Waals surface area contributed by atoms with Gasteiger partial charge in [0.15, 0.2) is 0 Å². The summed E-state index contributed by atoms with van der Waals surface area (Å²) < 4.78 is 2.08. The van der Waals surface area contributed by atoms with Crippen molar-refractivity contribution in [1.29, 1.82) is 0 Å². The van der Waals surface area contributed by atoms with Crippen molar-refractivity contribution in [1.82, 2.24) is 19.4 Å². The summed E-state index contributed by atoms with van der Waals surface area (Å²) in [5, 5.41) is 0.482. The zero-order chi connectivity index (χ0) is 20.8. The van der Waals surface area contributed by atoms with Crippen molar-refractivity contribution >= 4 is 28.5 Å². The van der Waals surface area contributed by atoms with E-state index >= 15 is 0 Å². The lowest BCUT2D eigenvalue weighted by atomic mass is 9.92.